The first-order chi connectivity index (χ1) is 9.71. The lowest BCUT2D eigenvalue weighted by atomic mass is 10.0. The largest absolute Gasteiger partial charge is 0.336 e. The van der Waals surface area contributed by atoms with E-state index in [-0.39, 0.29) is 32.5 Å². The Morgan fingerprint density at radius 3 is 2.57 bits per heavy atom. The van der Waals surface area contributed by atoms with Gasteiger partial charge in [-0.25, -0.2) is 13.6 Å². The Morgan fingerprint density at radius 1 is 1.33 bits per heavy atom. The Bertz CT molecular complexity index is 676. The lowest BCUT2D eigenvalue weighted by Crippen LogP contribution is -2.42. The molecule has 1 atom stereocenters. The molecule has 0 saturated carbocycles. The van der Waals surface area contributed by atoms with Gasteiger partial charge in [-0.05, 0) is 38.3 Å². The molecule has 21 heavy (non-hydrogen) atoms. The quantitative estimate of drug-likeness (QED) is 0.889. The molecule has 1 aromatic carbocycles. The number of amides is 1. The highest BCUT2D eigenvalue weighted by atomic mass is 35.5. The zero-order valence-electron chi connectivity index (χ0n) is 11.5. The molecule has 1 saturated heterocycles. The molecule has 2 rings (SSSR count). The van der Waals surface area contributed by atoms with Crippen LogP contribution in [0.4, 0.5) is 0 Å². The van der Waals surface area contributed by atoms with Crippen molar-refractivity contribution in [2.75, 3.05) is 6.54 Å². The van der Waals surface area contributed by atoms with Crippen molar-refractivity contribution in [1.29, 1.82) is 0 Å². The number of sulfonamides is 1. The molecule has 1 heterocycles. The number of hydrogen-bond acceptors (Lipinski definition) is 3. The molecule has 1 unspecified atom stereocenters. The van der Waals surface area contributed by atoms with Crippen LogP contribution in [-0.4, -0.2) is 31.8 Å². The van der Waals surface area contributed by atoms with E-state index in [0.29, 0.717) is 6.54 Å². The minimum Gasteiger partial charge on any atom is -0.336 e. The van der Waals surface area contributed by atoms with Gasteiger partial charge in [-0.15, -0.1) is 0 Å². The van der Waals surface area contributed by atoms with Gasteiger partial charge in [0.1, 0.15) is 4.90 Å². The number of nitrogens with two attached hydrogens (primary N) is 1. The van der Waals surface area contributed by atoms with Crippen LogP contribution in [0, 0.1) is 0 Å². The maximum absolute atomic E-state index is 12.5. The number of piperidine rings is 1. The second-order valence-electron chi connectivity index (χ2n) is 5.16. The predicted molar refractivity (Wildman–Crippen MR) is 82.2 cm³/mol. The number of hydrogen-bond donors (Lipinski definition) is 1. The molecular formula is C13H16Cl2N2O3S. The average molecular weight is 351 g/mol. The third-order valence-corrected chi connectivity index (χ3v) is 5.46. The summed E-state index contributed by atoms with van der Waals surface area (Å²) in [5, 5.41) is 4.94. The van der Waals surface area contributed by atoms with Crippen molar-refractivity contribution in [3.05, 3.63) is 27.7 Å². The van der Waals surface area contributed by atoms with Gasteiger partial charge in [0.15, 0.2) is 0 Å². The Morgan fingerprint density at radius 2 is 2.00 bits per heavy atom. The molecule has 1 amide bonds. The van der Waals surface area contributed by atoms with Crippen LogP contribution in [0.5, 0.6) is 0 Å². The summed E-state index contributed by atoms with van der Waals surface area (Å²) in [6, 6.07) is 2.67. The molecule has 0 bridgehead atoms. The fraction of sp³-hybridized carbons (Fsp3) is 0.462. The van der Waals surface area contributed by atoms with Crippen LogP contribution in [0.15, 0.2) is 17.0 Å². The molecule has 1 aliphatic rings. The van der Waals surface area contributed by atoms with E-state index in [1.54, 1.807) is 4.90 Å². The molecule has 116 valence electrons. The Hall–Kier alpha value is -0.820. The Kier molecular flexibility index (Phi) is 4.82. The van der Waals surface area contributed by atoms with Gasteiger partial charge in [-0.3, -0.25) is 4.79 Å². The molecule has 5 nitrogen and oxygen atoms in total. The summed E-state index contributed by atoms with van der Waals surface area (Å²) < 4.78 is 23.1. The highest BCUT2D eigenvalue weighted by Crippen LogP contribution is 2.31. The van der Waals surface area contributed by atoms with Crippen LogP contribution in [0.3, 0.4) is 0 Å². The third kappa shape index (κ3) is 3.51. The van der Waals surface area contributed by atoms with E-state index >= 15 is 0 Å². The molecule has 0 radical (unpaired) electrons. The van der Waals surface area contributed by atoms with Crippen molar-refractivity contribution in [2.45, 2.75) is 37.1 Å². The lowest BCUT2D eigenvalue weighted by molar-refractivity contribution is 0.0635. The van der Waals surface area contributed by atoms with Gasteiger partial charge in [0, 0.05) is 18.2 Å². The summed E-state index contributed by atoms with van der Waals surface area (Å²) in [7, 11) is -4.04. The van der Waals surface area contributed by atoms with E-state index in [0.717, 1.165) is 19.3 Å². The summed E-state index contributed by atoms with van der Waals surface area (Å²) in [5.74, 6) is -0.259. The number of halogens is 2. The minimum atomic E-state index is -4.04. The van der Waals surface area contributed by atoms with Gasteiger partial charge in [0.25, 0.3) is 5.91 Å². The van der Waals surface area contributed by atoms with Crippen LogP contribution >= 0.6 is 23.2 Å². The van der Waals surface area contributed by atoms with Crippen molar-refractivity contribution in [3.8, 4) is 0 Å². The van der Waals surface area contributed by atoms with Gasteiger partial charge < -0.3 is 4.90 Å². The second-order valence-corrected chi connectivity index (χ2v) is 7.47. The van der Waals surface area contributed by atoms with E-state index in [9.17, 15) is 13.2 Å². The topological polar surface area (TPSA) is 80.5 Å². The van der Waals surface area contributed by atoms with E-state index in [1.807, 2.05) is 6.92 Å². The molecular weight excluding hydrogens is 335 g/mol. The van der Waals surface area contributed by atoms with Crippen LogP contribution in [0.1, 0.15) is 36.5 Å². The number of rotatable bonds is 2. The predicted octanol–water partition coefficient (Wildman–Crippen LogP) is 2.66. The fourth-order valence-corrected chi connectivity index (χ4v) is 3.82. The first-order valence-electron chi connectivity index (χ1n) is 6.54. The SMILES string of the molecule is CC1CCCCN1C(=O)c1cc(Cl)c(Cl)c(S(N)(=O)=O)c1. The minimum absolute atomic E-state index is 0.00351. The molecule has 1 aliphatic heterocycles. The Labute approximate surface area is 134 Å². The van der Waals surface area contributed by atoms with Crippen molar-refractivity contribution in [1.82, 2.24) is 4.90 Å². The number of primary sulfonamides is 1. The first-order valence-corrected chi connectivity index (χ1v) is 8.85. The van der Waals surface area contributed by atoms with Crippen molar-refractivity contribution >= 4 is 39.1 Å². The Balaban J connectivity index is 2.45. The maximum Gasteiger partial charge on any atom is 0.254 e. The fourth-order valence-electron chi connectivity index (χ4n) is 2.46. The van der Waals surface area contributed by atoms with Gasteiger partial charge in [-0.1, -0.05) is 23.2 Å². The number of carbonyl (C=O) groups is 1. The van der Waals surface area contributed by atoms with Gasteiger partial charge in [-0.2, -0.15) is 0 Å². The molecule has 2 N–H and O–H groups in total. The van der Waals surface area contributed by atoms with E-state index < -0.39 is 10.0 Å². The second kappa shape index (κ2) is 6.12. The number of likely N-dealkylation sites (tertiary alicyclic amines) is 1. The van der Waals surface area contributed by atoms with Crippen molar-refractivity contribution < 1.29 is 13.2 Å². The number of benzene rings is 1. The maximum atomic E-state index is 12.5. The van der Waals surface area contributed by atoms with E-state index in [2.05, 4.69) is 0 Å². The normalized spacial score (nSPS) is 19.6. The van der Waals surface area contributed by atoms with Crippen molar-refractivity contribution in [3.63, 3.8) is 0 Å². The van der Waals surface area contributed by atoms with Crippen molar-refractivity contribution in [2.24, 2.45) is 5.14 Å². The summed E-state index contributed by atoms with van der Waals surface area (Å²) in [4.78, 5) is 13.9. The molecule has 0 spiro atoms. The van der Waals surface area contributed by atoms with E-state index in [1.165, 1.54) is 12.1 Å². The zero-order chi connectivity index (χ0) is 15.8. The molecule has 1 fully saturated rings. The van der Waals surface area contributed by atoms with Gasteiger partial charge in [0.2, 0.25) is 10.0 Å². The van der Waals surface area contributed by atoms with Crippen LogP contribution in [-0.2, 0) is 10.0 Å². The summed E-state index contributed by atoms with van der Waals surface area (Å²) in [6.07, 6.45) is 2.93. The standard InChI is InChI=1S/C13H16Cl2N2O3S/c1-8-4-2-3-5-17(8)13(18)9-6-10(14)12(15)11(7-9)21(16,19)20/h6-8H,2-5H2,1H3,(H2,16,19,20). The summed E-state index contributed by atoms with van der Waals surface area (Å²) in [5.41, 5.74) is 0.183. The molecule has 0 aliphatic carbocycles. The number of nitrogens with zero attached hydrogens (tertiary/aromatic N) is 1. The lowest BCUT2D eigenvalue weighted by Gasteiger charge is -2.33. The summed E-state index contributed by atoms with van der Waals surface area (Å²) in [6.45, 7) is 2.61. The zero-order valence-corrected chi connectivity index (χ0v) is 13.8. The monoisotopic (exact) mass is 350 g/mol. The summed E-state index contributed by atoms with van der Waals surface area (Å²) >= 11 is 11.8. The number of carbonyl (C=O) groups excluding carboxylic acids is 1. The molecule has 8 heteroatoms. The average Bonchev–Trinajstić information content (AvgIpc) is 2.40. The first kappa shape index (κ1) is 16.5. The van der Waals surface area contributed by atoms with Crippen LogP contribution in [0.2, 0.25) is 10.0 Å². The smallest absolute Gasteiger partial charge is 0.254 e. The molecule has 1 aromatic rings. The van der Waals surface area contributed by atoms with Gasteiger partial charge in [0.05, 0.1) is 10.0 Å². The highest BCUT2D eigenvalue weighted by molar-refractivity contribution is 7.89. The van der Waals surface area contributed by atoms with E-state index in [4.69, 9.17) is 28.3 Å². The van der Waals surface area contributed by atoms with Gasteiger partial charge >= 0.3 is 0 Å². The van der Waals surface area contributed by atoms with Crippen LogP contribution < -0.4 is 5.14 Å². The third-order valence-electron chi connectivity index (χ3n) is 3.61. The molecule has 0 aromatic heterocycles. The van der Waals surface area contributed by atoms with Crippen LogP contribution in [0.25, 0.3) is 0 Å². The highest BCUT2D eigenvalue weighted by Gasteiger charge is 2.26.